The number of ether oxygens (including phenoxy) is 1. The van der Waals surface area contributed by atoms with Crippen LogP contribution < -0.4 is 15.8 Å². The topological polar surface area (TPSA) is 64.3 Å². The summed E-state index contributed by atoms with van der Waals surface area (Å²) >= 11 is 0. The van der Waals surface area contributed by atoms with Gasteiger partial charge < -0.3 is 15.8 Å². The van der Waals surface area contributed by atoms with Crippen LogP contribution in [-0.4, -0.2) is 18.6 Å². The third-order valence-corrected chi connectivity index (χ3v) is 4.19. The molecule has 20 heavy (non-hydrogen) atoms. The molecule has 1 aromatic carbocycles. The Kier molecular flexibility index (Phi) is 4.65. The van der Waals surface area contributed by atoms with Crippen LogP contribution in [-0.2, 0) is 4.79 Å². The smallest absolute Gasteiger partial charge is 0.231 e. The van der Waals surface area contributed by atoms with E-state index in [1.165, 1.54) is 0 Å². The quantitative estimate of drug-likeness (QED) is 0.839. The van der Waals surface area contributed by atoms with E-state index in [4.69, 9.17) is 10.5 Å². The van der Waals surface area contributed by atoms with Crippen LogP contribution >= 0.6 is 0 Å². The summed E-state index contributed by atoms with van der Waals surface area (Å²) in [5.41, 5.74) is 6.17. The highest BCUT2D eigenvalue weighted by Gasteiger charge is 2.42. The van der Waals surface area contributed by atoms with E-state index < -0.39 is 0 Å². The first-order valence-electron chi connectivity index (χ1n) is 7.38. The molecule has 4 heteroatoms. The van der Waals surface area contributed by atoms with Gasteiger partial charge in [-0.3, -0.25) is 4.79 Å². The number of anilines is 1. The molecular formula is C16H24N2O2. The Morgan fingerprint density at radius 3 is 2.80 bits per heavy atom. The lowest BCUT2D eigenvalue weighted by molar-refractivity contribution is -0.129. The van der Waals surface area contributed by atoms with Gasteiger partial charge in [0.15, 0.2) is 0 Å². The minimum atomic E-state index is -0.354. The molecule has 1 atom stereocenters. The molecule has 1 unspecified atom stereocenters. The number of nitrogens with two attached hydrogens (primary N) is 1. The Hall–Kier alpha value is -1.55. The van der Waals surface area contributed by atoms with Gasteiger partial charge in [0.1, 0.15) is 5.75 Å². The molecule has 1 aromatic rings. The molecule has 0 heterocycles. The molecule has 0 aliphatic heterocycles. The van der Waals surface area contributed by atoms with Crippen LogP contribution in [0.25, 0.3) is 0 Å². The van der Waals surface area contributed by atoms with Crippen LogP contribution in [0.15, 0.2) is 24.3 Å². The van der Waals surface area contributed by atoms with Crippen molar-refractivity contribution in [3.05, 3.63) is 24.3 Å². The van der Waals surface area contributed by atoms with Crippen molar-refractivity contribution in [2.75, 3.05) is 11.9 Å². The molecule has 0 saturated heterocycles. The van der Waals surface area contributed by atoms with Gasteiger partial charge in [0, 0.05) is 18.3 Å². The van der Waals surface area contributed by atoms with Crippen molar-refractivity contribution in [2.45, 2.75) is 45.6 Å². The van der Waals surface area contributed by atoms with Gasteiger partial charge in [-0.2, -0.15) is 0 Å². The van der Waals surface area contributed by atoms with Crippen molar-refractivity contribution >= 4 is 11.6 Å². The fraction of sp³-hybridized carbons (Fsp3) is 0.562. The number of benzene rings is 1. The van der Waals surface area contributed by atoms with Crippen molar-refractivity contribution in [1.82, 2.24) is 0 Å². The summed E-state index contributed by atoms with van der Waals surface area (Å²) in [4.78, 5) is 12.3. The molecule has 1 saturated carbocycles. The molecule has 1 fully saturated rings. The van der Waals surface area contributed by atoms with E-state index in [0.29, 0.717) is 6.54 Å². The first kappa shape index (κ1) is 14.9. The van der Waals surface area contributed by atoms with Gasteiger partial charge in [-0.05, 0) is 38.3 Å². The van der Waals surface area contributed by atoms with Crippen LogP contribution in [0, 0.1) is 5.41 Å². The lowest BCUT2D eigenvalue weighted by atomic mass is 9.68. The largest absolute Gasteiger partial charge is 0.491 e. The highest BCUT2D eigenvalue weighted by molar-refractivity contribution is 5.96. The van der Waals surface area contributed by atoms with E-state index in [1.807, 2.05) is 31.2 Å². The molecule has 1 amide bonds. The Bertz CT molecular complexity index is 464. The van der Waals surface area contributed by atoms with Crippen LogP contribution in [0.4, 0.5) is 5.69 Å². The molecule has 1 aliphatic carbocycles. The molecule has 1 aliphatic rings. The Morgan fingerprint density at radius 1 is 1.50 bits per heavy atom. The van der Waals surface area contributed by atoms with Crippen molar-refractivity contribution in [2.24, 2.45) is 11.1 Å². The number of rotatable bonds is 6. The SMILES string of the molecule is CCC(C)Oc1cccc(NC(=O)C2(CN)CCC2)c1. The summed E-state index contributed by atoms with van der Waals surface area (Å²) < 4.78 is 5.76. The molecule has 2 rings (SSSR count). The van der Waals surface area contributed by atoms with Crippen LogP contribution in [0.5, 0.6) is 5.75 Å². The number of hydrogen-bond acceptors (Lipinski definition) is 3. The maximum absolute atomic E-state index is 12.3. The molecule has 4 nitrogen and oxygen atoms in total. The van der Waals surface area contributed by atoms with Crippen molar-refractivity contribution in [3.8, 4) is 5.75 Å². The van der Waals surface area contributed by atoms with Crippen molar-refractivity contribution in [1.29, 1.82) is 0 Å². The van der Waals surface area contributed by atoms with E-state index in [1.54, 1.807) is 0 Å². The minimum Gasteiger partial charge on any atom is -0.491 e. The van der Waals surface area contributed by atoms with E-state index in [-0.39, 0.29) is 17.4 Å². The van der Waals surface area contributed by atoms with Gasteiger partial charge in [-0.15, -0.1) is 0 Å². The molecule has 0 radical (unpaired) electrons. The zero-order valence-electron chi connectivity index (χ0n) is 12.3. The predicted molar refractivity (Wildman–Crippen MR) is 80.8 cm³/mol. The minimum absolute atomic E-state index is 0.0342. The monoisotopic (exact) mass is 276 g/mol. The summed E-state index contributed by atoms with van der Waals surface area (Å²) in [6.07, 6.45) is 3.98. The van der Waals surface area contributed by atoms with Gasteiger partial charge >= 0.3 is 0 Å². The molecule has 0 aromatic heterocycles. The Balaban J connectivity index is 2.02. The van der Waals surface area contributed by atoms with Gasteiger partial charge in [-0.25, -0.2) is 0 Å². The second-order valence-electron chi connectivity index (χ2n) is 5.66. The molecule has 3 N–H and O–H groups in total. The molecular weight excluding hydrogens is 252 g/mol. The van der Waals surface area contributed by atoms with E-state index in [0.717, 1.165) is 37.1 Å². The first-order chi connectivity index (χ1) is 9.59. The number of carbonyl (C=O) groups excluding carboxylic acids is 1. The Morgan fingerprint density at radius 2 is 2.25 bits per heavy atom. The molecule has 110 valence electrons. The van der Waals surface area contributed by atoms with E-state index >= 15 is 0 Å². The highest BCUT2D eigenvalue weighted by Crippen LogP contribution is 2.40. The number of amides is 1. The number of nitrogens with one attached hydrogen (secondary N) is 1. The standard InChI is InChI=1S/C16H24N2O2/c1-3-12(2)20-14-7-4-6-13(10-14)18-15(19)16(11-17)8-5-9-16/h4,6-7,10,12H,3,5,8-9,11,17H2,1-2H3,(H,18,19). The summed E-state index contributed by atoms with van der Waals surface area (Å²) in [5, 5.41) is 2.97. The predicted octanol–water partition coefficient (Wildman–Crippen LogP) is 2.93. The fourth-order valence-electron chi connectivity index (χ4n) is 2.35. The third-order valence-electron chi connectivity index (χ3n) is 4.19. The fourth-order valence-corrected chi connectivity index (χ4v) is 2.35. The summed E-state index contributed by atoms with van der Waals surface area (Å²) in [6, 6.07) is 7.55. The van der Waals surface area contributed by atoms with Crippen LogP contribution in [0.1, 0.15) is 39.5 Å². The van der Waals surface area contributed by atoms with Gasteiger partial charge in [0.05, 0.1) is 11.5 Å². The van der Waals surface area contributed by atoms with E-state index in [9.17, 15) is 4.79 Å². The third kappa shape index (κ3) is 3.12. The summed E-state index contributed by atoms with van der Waals surface area (Å²) in [6.45, 7) is 4.53. The van der Waals surface area contributed by atoms with Gasteiger partial charge in [0.25, 0.3) is 0 Å². The maximum atomic E-state index is 12.3. The number of carbonyl (C=O) groups is 1. The summed E-state index contributed by atoms with van der Waals surface area (Å²) in [7, 11) is 0. The molecule has 0 bridgehead atoms. The van der Waals surface area contributed by atoms with Gasteiger partial charge in [-0.1, -0.05) is 19.4 Å². The van der Waals surface area contributed by atoms with Crippen LogP contribution in [0.2, 0.25) is 0 Å². The maximum Gasteiger partial charge on any atom is 0.231 e. The zero-order chi connectivity index (χ0) is 14.6. The van der Waals surface area contributed by atoms with E-state index in [2.05, 4.69) is 12.2 Å². The van der Waals surface area contributed by atoms with Crippen molar-refractivity contribution in [3.63, 3.8) is 0 Å². The second kappa shape index (κ2) is 6.27. The second-order valence-corrected chi connectivity index (χ2v) is 5.66. The average molecular weight is 276 g/mol. The van der Waals surface area contributed by atoms with Gasteiger partial charge in [0.2, 0.25) is 5.91 Å². The highest BCUT2D eigenvalue weighted by atomic mass is 16.5. The normalized spacial score (nSPS) is 17.9. The molecule has 0 spiro atoms. The Labute approximate surface area is 120 Å². The number of hydrogen-bond donors (Lipinski definition) is 2. The lowest BCUT2D eigenvalue weighted by Gasteiger charge is -2.39. The van der Waals surface area contributed by atoms with Crippen molar-refractivity contribution < 1.29 is 9.53 Å². The lowest BCUT2D eigenvalue weighted by Crippen LogP contribution is -2.47. The first-order valence-corrected chi connectivity index (χ1v) is 7.38. The average Bonchev–Trinajstić information content (AvgIpc) is 2.38. The summed E-state index contributed by atoms with van der Waals surface area (Å²) in [5.74, 6) is 0.819. The van der Waals surface area contributed by atoms with Crippen LogP contribution in [0.3, 0.4) is 0 Å². The zero-order valence-corrected chi connectivity index (χ0v) is 12.3.